The molecule has 10 heteroatoms. The van der Waals surface area contributed by atoms with E-state index in [0.717, 1.165) is 128 Å². The van der Waals surface area contributed by atoms with Crippen molar-refractivity contribution in [1.29, 1.82) is 0 Å². The highest BCUT2D eigenvalue weighted by atomic mass is 31.2. The number of allylic oxidation sites excluding steroid dienone is 28. The molecule has 0 aliphatic rings. The van der Waals surface area contributed by atoms with Gasteiger partial charge in [-0.3, -0.25) is 18.6 Å². The van der Waals surface area contributed by atoms with E-state index in [4.69, 9.17) is 24.3 Å². The van der Waals surface area contributed by atoms with Crippen LogP contribution in [-0.4, -0.2) is 49.3 Å². The van der Waals surface area contributed by atoms with Crippen molar-refractivity contribution in [2.45, 2.75) is 328 Å². The first-order chi connectivity index (χ1) is 46.8. The molecule has 0 radical (unpaired) electrons. The molecule has 0 amide bonds. The lowest BCUT2D eigenvalue weighted by atomic mass is 10.0. The number of nitrogens with two attached hydrogens (primary N) is 1. The second kappa shape index (κ2) is 78.4. The summed E-state index contributed by atoms with van der Waals surface area (Å²) in [5.41, 5.74) is 5.41. The second-order valence-electron chi connectivity index (χ2n) is 25.1. The third-order valence-electron chi connectivity index (χ3n) is 16.1. The molecule has 2 unspecified atom stereocenters. The van der Waals surface area contributed by atoms with Gasteiger partial charge in [-0.05, 0) is 128 Å². The fourth-order valence-corrected chi connectivity index (χ4v) is 11.2. The van der Waals surface area contributed by atoms with E-state index < -0.39 is 26.5 Å². The number of hydrogen-bond donors (Lipinski definition) is 2. The molecule has 0 spiro atoms. The van der Waals surface area contributed by atoms with E-state index in [0.29, 0.717) is 6.42 Å². The van der Waals surface area contributed by atoms with E-state index in [2.05, 4.69) is 184 Å². The van der Waals surface area contributed by atoms with Gasteiger partial charge in [-0.2, -0.15) is 0 Å². The van der Waals surface area contributed by atoms with Crippen LogP contribution in [-0.2, 0) is 32.7 Å². The Morgan fingerprint density at radius 1 is 0.316 bits per heavy atom. The lowest BCUT2D eigenvalue weighted by molar-refractivity contribution is -0.161. The zero-order valence-electron chi connectivity index (χ0n) is 60.8. The van der Waals surface area contributed by atoms with Gasteiger partial charge in [-0.1, -0.05) is 351 Å². The van der Waals surface area contributed by atoms with E-state index >= 15 is 0 Å². The first-order valence-electron chi connectivity index (χ1n) is 38.6. The van der Waals surface area contributed by atoms with Crippen LogP contribution in [0.5, 0.6) is 0 Å². The molecule has 3 N–H and O–H groups in total. The topological polar surface area (TPSA) is 134 Å². The fraction of sp³-hybridized carbons (Fsp3) is 0.647. The van der Waals surface area contributed by atoms with E-state index in [1.165, 1.54) is 161 Å². The van der Waals surface area contributed by atoms with Crippen molar-refractivity contribution in [1.82, 2.24) is 0 Å². The number of hydrogen-bond acceptors (Lipinski definition) is 8. The van der Waals surface area contributed by atoms with Crippen molar-refractivity contribution >= 4 is 19.8 Å². The number of phosphoric acid groups is 1. The molecule has 540 valence electrons. The Labute approximate surface area is 584 Å². The molecule has 0 aliphatic heterocycles. The zero-order valence-corrected chi connectivity index (χ0v) is 61.7. The number of esters is 2. The molecule has 0 aromatic carbocycles. The first kappa shape index (κ1) is 90.4. The van der Waals surface area contributed by atoms with Gasteiger partial charge in [0.25, 0.3) is 0 Å². The number of carbonyl (C=O) groups is 2. The number of carbonyl (C=O) groups excluding carboxylic acids is 2. The molecule has 0 aromatic rings. The first-order valence-corrected chi connectivity index (χ1v) is 40.1. The van der Waals surface area contributed by atoms with Crippen LogP contribution < -0.4 is 5.73 Å². The SMILES string of the molecule is CC/C=C\C/C=C\C/C=C\C/C=C\C/C=C\C/C=C\C/C=C\CCCCCCCCCCCCCCCCCCCC(=O)OC(COC(=O)CCCCCCCCCCCCCCC/C=C\C/C=C\C/C=C\C/C=C\C/C=C\C/C=C\C/C=C\CC)COP(=O)(O)OCCN. The molecule has 95 heavy (non-hydrogen) atoms. The second-order valence-corrected chi connectivity index (χ2v) is 26.6. The summed E-state index contributed by atoms with van der Waals surface area (Å²) in [5.74, 6) is -0.827. The maximum atomic E-state index is 12.8. The Bertz CT molecular complexity index is 2170. The third kappa shape index (κ3) is 78.3. The highest BCUT2D eigenvalue weighted by molar-refractivity contribution is 7.47. The highest BCUT2D eigenvalue weighted by Gasteiger charge is 2.26. The smallest absolute Gasteiger partial charge is 0.462 e. The molecule has 0 bridgehead atoms. The van der Waals surface area contributed by atoms with Crippen LogP contribution in [0.2, 0.25) is 0 Å². The summed E-state index contributed by atoms with van der Waals surface area (Å²) in [5, 5.41) is 0. The minimum absolute atomic E-state index is 0.0479. The minimum Gasteiger partial charge on any atom is -0.462 e. The summed E-state index contributed by atoms with van der Waals surface area (Å²) in [6.07, 6.45) is 116. The van der Waals surface area contributed by atoms with Crippen molar-refractivity contribution in [3.63, 3.8) is 0 Å². The number of ether oxygens (including phenoxy) is 2. The van der Waals surface area contributed by atoms with Crippen molar-refractivity contribution < 1.29 is 37.6 Å². The molecular weight excluding hydrogens is 1190 g/mol. The third-order valence-corrected chi connectivity index (χ3v) is 17.1. The zero-order chi connectivity index (χ0) is 68.6. The summed E-state index contributed by atoms with van der Waals surface area (Å²) in [4.78, 5) is 35.5. The molecule has 0 saturated carbocycles. The van der Waals surface area contributed by atoms with Crippen LogP contribution in [0.15, 0.2) is 170 Å². The predicted molar refractivity (Wildman–Crippen MR) is 413 cm³/mol. The van der Waals surface area contributed by atoms with Crippen LogP contribution in [0.25, 0.3) is 0 Å². The summed E-state index contributed by atoms with van der Waals surface area (Å²) in [6, 6.07) is 0. The van der Waals surface area contributed by atoms with Crippen LogP contribution in [0.3, 0.4) is 0 Å². The van der Waals surface area contributed by atoms with Gasteiger partial charge in [-0.15, -0.1) is 0 Å². The molecule has 0 aliphatic carbocycles. The lowest BCUT2D eigenvalue weighted by Crippen LogP contribution is -2.29. The number of rotatable bonds is 71. The molecule has 2 atom stereocenters. The quantitative estimate of drug-likeness (QED) is 0.0264. The van der Waals surface area contributed by atoms with Gasteiger partial charge in [0.2, 0.25) is 0 Å². The van der Waals surface area contributed by atoms with Crippen LogP contribution in [0.4, 0.5) is 0 Å². The Morgan fingerprint density at radius 3 is 0.811 bits per heavy atom. The lowest BCUT2D eigenvalue weighted by Gasteiger charge is -2.19. The Morgan fingerprint density at radius 2 is 0.547 bits per heavy atom. The van der Waals surface area contributed by atoms with Gasteiger partial charge in [0, 0.05) is 19.4 Å². The Hall–Kier alpha value is -4.63. The highest BCUT2D eigenvalue weighted by Crippen LogP contribution is 2.43. The molecular formula is C85H142NO8P. The standard InChI is InChI=1S/C85H142NO8P/c1-3-5-7-9-11-13-15-17-19-21-23-25-27-29-31-33-35-37-39-40-41-42-44-46-48-50-52-54-56-58-60-62-64-66-68-70-72-74-76-78-85(88)94-83(82-93-95(89,90)92-80-79-86)81-91-84(87)77-75-73-71-69-67-65-63-61-59-57-55-53-51-49-47-45-43-38-36-34-32-30-28-26-24-22-20-18-16-14-12-10-8-6-4-2/h5-8,11-14,17-20,23-26,29-32,35-38,40-41,45,47,83H,3-4,9-10,15-16,21-22,27-28,33-34,39,42-44,46,48-82,86H2,1-2H3,(H,89,90)/b7-5-,8-6-,13-11-,14-12-,19-17-,20-18-,25-23-,26-24-,31-29-,32-30-,37-35-,38-36-,41-40-,47-45-. The van der Waals surface area contributed by atoms with E-state index in [9.17, 15) is 19.0 Å². The molecule has 0 heterocycles. The predicted octanol–water partition coefficient (Wildman–Crippen LogP) is 26.1. The van der Waals surface area contributed by atoms with Crippen molar-refractivity contribution in [2.75, 3.05) is 26.4 Å². The minimum atomic E-state index is -4.41. The van der Waals surface area contributed by atoms with Crippen LogP contribution >= 0.6 is 7.82 Å². The molecule has 0 saturated heterocycles. The number of phosphoric ester groups is 1. The van der Waals surface area contributed by atoms with Gasteiger partial charge in [0.1, 0.15) is 6.61 Å². The van der Waals surface area contributed by atoms with Gasteiger partial charge in [0.05, 0.1) is 13.2 Å². The average molecular weight is 1340 g/mol. The average Bonchev–Trinajstić information content (AvgIpc) is 3.16. The van der Waals surface area contributed by atoms with Crippen molar-refractivity contribution in [3.8, 4) is 0 Å². The largest absolute Gasteiger partial charge is 0.472 e. The van der Waals surface area contributed by atoms with Gasteiger partial charge in [-0.25, -0.2) is 4.57 Å². The summed E-state index contributed by atoms with van der Waals surface area (Å²) in [7, 11) is -4.41. The van der Waals surface area contributed by atoms with Gasteiger partial charge >= 0.3 is 19.8 Å². The van der Waals surface area contributed by atoms with Gasteiger partial charge < -0.3 is 20.1 Å². The van der Waals surface area contributed by atoms with E-state index in [1.807, 2.05) is 0 Å². The summed E-state index contributed by atoms with van der Waals surface area (Å²) in [6.45, 7) is 3.53. The normalized spacial score (nSPS) is 13.9. The number of unbranched alkanes of at least 4 members (excludes halogenated alkanes) is 30. The fourth-order valence-electron chi connectivity index (χ4n) is 10.5. The molecule has 9 nitrogen and oxygen atoms in total. The molecule has 0 aromatic heterocycles. The Kier molecular flexibility index (Phi) is 74.5. The summed E-state index contributed by atoms with van der Waals surface area (Å²) < 4.78 is 33.3. The maximum Gasteiger partial charge on any atom is 0.472 e. The maximum absolute atomic E-state index is 12.8. The molecule has 0 fully saturated rings. The summed E-state index contributed by atoms with van der Waals surface area (Å²) >= 11 is 0. The monoisotopic (exact) mass is 1340 g/mol. The molecule has 0 rings (SSSR count). The van der Waals surface area contributed by atoms with Crippen LogP contribution in [0, 0.1) is 0 Å². The Balaban J connectivity index is 3.87. The van der Waals surface area contributed by atoms with Crippen molar-refractivity contribution in [2.24, 2.45) is 5.73 Å². The van der Waals surface area contributed by atoms with E-state index in [-0.39, 0.29) is 38.6 Å². The van der Waals surface area contributed by atoms with Crippen molar-refractivity contribution in [3.05, 3.63) is 170 Å². The van der Waals surface area contributed by atoms with Crippen LogP contribution in [0.1, 0.15) is 322 Å². The van der Waals surface area contributed by atoms with E-state index in [1.54, 1.807) is 0 Å². The van der Waals surface area contributed by atoms with Gasteiger partial charge in [0.15, 0.2) is 6.10 Å².